The Hall–Kier alpha value is -2.14. The maximum Gasteiger partial charge on any atom is 0.407 e. The average molecular weight is 387 g/mol. The topological polar surface area (TPSA) is 49.7 Å². The highest BCUT2D eigenvalue weighted by molar-refractivity contribution is 9.10. The van der Waals surface area contributed by atoms with Gasteiger partial charge in [0.05, 0.1) is 12.8 Å². The fraction of sp³-hybridized carbons (Fsp3) is 0.267. The van der Waals surface area contributed by atoms with Gasteiger partial charge in [-0.2, -0.15) is 18.3 Å². The largest absolute Gasteiger partial charge is 0.407 e. The van der Waals surface area contributed by atoms with E-state index in [2.05, 4.69) is 27.0 Å². The molecule has 0 saturated heterocycles. The summed E-state index contributed by atoms with van der Waals surface area (Å²) in [5.74, 6) is 0.267. The number of benzene rings is 1. The van der Waals surface area contributed by atoms with Gasteiger partial charge in [-0.3, -0.25) is 14.6 Å². The molecule has 1 aliphatic rings. The number of nitrogens with zero attached hydrogens (tertiary/aromatic N) is 2. The van der Waals surface area contributed by atoms with Gasteiger partial charge in [-0.05, 0) is 12.1 Å². The van der Waals surface area contributed by atoms with Crippen LogP contribution in [0.25, 0.3) is 0 Å². The van der Waals surface area contributed by atoms with Gasteiger partial charge in [0.15, 0.2) is 5.41 Å². The fourth-order valence-electron chi connectivity index (χ4n) is 2.10. The number of carbonyl (C=O) groups excluding carboxylic acids is 2. The van der Waals surface area contributed by atoms with Crippen LogP contribution in [0.4, 0.5) is 13.2 Å². The Morgan fingerprint density at radius 2 is 2.13 bits per heavy atom. The number of terminal acetylenes is 1. The van der Waals surface area contributed by atoms with Crippen molar-refractivity contribution in [1.29, 1.82) is 0 Å². The summed E-state index contributed by atoms with van der Waals surface area (Å²) < 4.78 is 37.8. The Morgan fingerprint density at radius 3 is 2.70 bits per heavy atom. The first-order valence-corrected chi connectivity index (χ1v) is 7.15. The molecule has 0 saturated carbocycles. The van der Waals surface area contributed by atoms with Crippen molar-refractivity contribution in [2.24, 2.45) is 10.5 Å². The number of alkyl halides is 3. The summed E-state index contributed by atoms with van der Waals surface area (Å²) in [5, 5.41) is 4.15. The Morgan fingerprint density at radius 1 is 1.43 bits per heavy atom. The van der Waals surface area contributed by atoms with E-state index in [4.69, 9.17) is 6.42 Å². The third-order valence-electron chi connectivity index (χ3n) is 3.19. The molecule has 1 atom stereocenters. The van der Waals surface area contributed by atoms with E-state index in [-0.39, 0.29) is 5.56 Å². The average Bonchev–Trinajstić information content (AvgIpc) is 2.88. The van der Waals surface area contributed by atoms with Crippen LogP contribution in [0.3, 0.4) is 0 Å². The van der Waals surface area contributed by atoms with Gasteiger partial charge in [0.25, 0.3) is 0 Å². The predicted molar refractivity (Wildman–Crippen MR) is 80.9 cm³/mol. The van der Waals surface area contributed by atoms with Crippen LogP contribution in [0.1, 0.15) is 10.4 Å². The van der Waals surface area contributed by atoms with Crippen molar-refractivity contribution in [2.75, 3.05) is 13.1 Å². The summed E-state index contributed by atoms with van der Waals surface area (Å²) in [6.45, 7) is -1.83. The lowest BCUT2D eigenvalue weighted by atomic mass is 9.82. The smallest absolute Gasteiger partial charge is 0.288 e. The second kappa shape index (κ2) is 6.16. The molecule has 1 aliphatic heterocycles. The highest BCUT2D eigenvalue weighted by Gasteiger charge is 2.46. The van der Waals surface area contributed by atoms with E-state index in [1.165, 1.54) is 12.1 Å². The maximum absolute atomic E-state index is 12.4. The number of rotatable bonds is 4. The molecule has 120 valence electrons. The van der Waals surface area contributed by atoms with E-state index in [1.54, 1.807) is 12.1 Å². The Labute approximate surface area is 138 Å². The summed E-state index contributed by atoms with van der Waals surface area (Å²) in [7, 11) is 0. The molecule has 1 aromatic rings. The SMILES string of the molecule is C#CC1(C(=O)C(=O)c2cccc(Br)c2)C=NN(CC(F)(F)F)C1. The van der Waals surface area contributed by atoms with E-state index in [0.29, 0.717) is 9.48 Å². The summed E-state index contributed by atoms with van der Waals surface area (Å²) in [4.78, 5) is 24.7. The molecule has 0 aromatic heterocycles. The Bertz CT molecular complexity index is 724. The van der Waals surface area contributed by atoms with Crippen LogP contribution in [-0.2, 0) is 4.79 Å². The van der Waals surface area contributed by atoms with Crippen molar-refractivity contribution >= 4 is 33.7 Å². The molecule has 1 heterocycles. The van der Waals surface area contributed by atoms with Gasteiger partial charge in [-0.25, -0.2) is 0 Å². The lowest BCUT2D eigenvalue weighted by Crippen LogP contribution is -2.42. The molecule has 4 nitrogen and oxygen atoms in total. The molecule has 0 bridgehead atoms. The molecule has 0 spiro atoms. The molecular formula is C15H10BrF3N2O2. The molecule has 1 unspecified atom stereocenters. The molecule has 8 heteroatoms. The van der Waals surface area contributed by atoms with Crippen molar-refractivity contribution in [2.45, 2.75) is 6.18 Å². The standard InChI is InChI=1S/C15H10BrF3N2O2/c1-2-14(7-20-21(8-14)9-15(17,18)19)13(23)12(22)10-4-3-5-11(16)6-10/h1,3-7H,8-9H2. The number of carbonyl (C=O) groups is 2. The van der Waals surface area contributed by atoms with Crippen LogP contribution in [0.2, 0.25) is 0 Å². The molecule has 0 radical (unpaired) electrons. The van der Waals surface area contributed by atoms with Gasteiger partial charge in [-0.1, -0.05) is 34.0 Å². The molecule has 23 heavy (non-hydrogen) atoms. The quantitative estimate of drug-likeness (QED) is 0.454. The Balaban J connectivity index is 2.22. The minimum atomic E-state index is -4.49. The molecular weight excluding hydrogens is 377 g/mol. The van der Waals surface area contributed by atoms with Crippen molar-refractivity contribution in [3.05, 3.63) is 34.3 Å². The van der Waals surface area contributed by atoms with Gasteiger partial charge >= 0.3 is 6.18 Å². The number of Topliss-reactive ketones (excluding diaryl/α,β-unsaturated/α-hetero) is 2. The zero-order chi connectivity index (χ0) is 17.3. The van der Waals surface area contributed by atoms with Gasteiger partial charge in [0.1, 0.15) is 6.54 Å². The molecule has 0 N–H and O–H groups in total. The van der Waals surface area contributed by atoms with Crippen molar-refractivity contribution in [3.63, 3.8) is 0 Å². The molecule has 0 aliphatic carbocycles. The third kappa shape index (κ3) is 3.79. The summed E-state index contributed by atoms with van der Waals surface area (Å²) >= 11 is 3.17. The predicted octanol–water partition coefficient (Wildman–Crippen LogP) is 2.68. The van der Waals surface area contributed by atoms with Crippen molar-refractivity contribution in [3.8, 4) is 12.3 Å². The van der Waals surface area contributed by atoms with Gasteiger partial charge in [-0.15, -0.1) is 6.42 Å². The first kappa shape index (κ1) is 17.2. The number of halogens is 4. The van der Waals surface area contributed by atoms with Gasteiger partial charge < -0.3 is 0 Å². The molecule has 0 fully saturated rings. The van der Waals surface area contributed by atoms with Crippen LogP contribution in [0, 0.1) is 17.8 Å². The van der Waals surface area contributed by atoms with Crippen molar-refractivity contribution < 1.29 is 22.8 Å². The molecule has 0 amide bonds. The number of hydrogen-bond acceptors (Lipinski definition) is 4. The molecule has 1 aromatic carbocycles. The number of hydrogen-bond donors (Lipinski definition) is 0. The van der Waals surface area contributed by atoms with E-state index in [1.807, 2.05) is 0 Å². The second-order valence-electron chi connectivity index (χ2n) is 4.97. The third-order valence-corrected chi connectivity index (χ3v) is 3.68. The summed E-state index contributed by atoms with van der Waals surface area (Å²) in [5.41, 5.74) is -1.69. The lowest BCUT2D eigenvalue weighted by Gasteiger charge is -2.21. The van der Waals surface area contributed by atoms with Crippen LogP contribution < -0.4 is 0 Å². The highest BCUT2D eigenvalue weighted by Crippen LogP contribution is 2.28. The monoisotopic (exact) mass is 386 g/mol. The van der Waals surface area contributed by atoms with E-state index >= 15 is 0 Å². The van der Waals surface area contributed by atoms with Gasteiger partial charge in [0.2, 0.25) is 11.6 Å². The first-order valence-electron chi connectivity index (χ1n) is 6.36. The Kier molecular flexibility index (Phi) is 4.61. The zero-order valence-corrected chi connectivity index (χ0v) is 13.2. The lowest BCUT2D eigenvalue weighted by molar-refractivity contribution is -0.146. The number of ketones is 2. The fourth-order valence-corrected chi connectivity index (χ4v) is 2.49. The zero-order valence-electron chi connectivity index (χ0n) is 11.6. The first-order chi connectivity index (χ1) is 10.7. The minimum Gasteiger partial charge on any atom is -0.288 e. The maximum atomic E-state index is 12.4. The summed E-state index contributed by atoms with van der Waals surface area (Å²) in [6, 6.07) is 6.09. The number of hydrazone groups is 1. The van der Waals surface area contributed by atoms with E-state index in [0.717, 1.165) is 6.21 Å². The van der Waals surface area contributed by atoms with Crippen LogP contribution in [0.5, 0.6) is 0 Å². The van der Waals surface area contributed by atoms with E-state index in [9.17, 15) is 22.8 Å². The van der Waals surface area contributed by atoms with Crippen LogP contribution in [0.15, 0.2) is 33.8 Å². The van der Waals surface area contributed by atoms with Gasteiger partial charge in [0, 0.05) is 10.0 Å². The van der Waals surface area contributed by atoms with Crippen molar-refractivity contribution in [1.82, 2.24) is 5.01 Å². The molecule has 2 rings (SSSR count). The van der Waals surface area contributed by atoms with Crippen LogP contribution in [-0.4, -0.2) is 42.1 Å². The van der Waals surface area contributed by atoms with Crippen LogP contribution >= 0.6 is 15.9 Å². The summed E-state index contributed by atoms with van der Waals surface area (Å²) in [6.07, 6.45) is 1.75. The minimum absolute atomic E-state index is 0.0988. The highest BCUT2D eigenvalue weighted by atomic mass is 79.9. The second-order valence-corrected chi connectivity index (χ2v) is 5.88. The normalized spacial score (nSPS) is 20.4. The van der Waals surface area contributed by atoms with E-state index < -0.39 is 36.2 Å².